The maximum atomic E-state index is 11.5. The van der Waals surface area contributed by atoms with Gasteiger partial charge in [-0.1, -0.05) is 0 Å². The fourth-order valence-electron chi connectivity index (χ4n) is 3.09. The first-order chi connectivity index (χ1) is 7.94. The minimum atomic E-state index is -0.692. The van der Waals surface area contributed by atoms with Crippen molar-refractivity contribution < 1.29 is 9.90 Å². The molecule has 4 nitrogen and oxygen atoms in total. The third kappa shape index (κ3) is 2.63. The van der Waals surface area contributed by atoms with Gasteiger partial charge in [-0.3, -0.25) is 10.1 Å². The molecule has 2 unspecified atom stereocenters. The van der Waals surface area contributed by atoms with Gasteiger partial charge in [0.15, 0.2) is 0 Å². The largest absolute Gasteiger partial charge is 0.480 e. The van der Waals surface area contributed by atoms with Crippen LogP contribution in [0.1, 0.15) is 46.0 Å². The first-order valence-corrected chi connectivity index (χ1v) is 6.67. The lowest BCUT2D eigenvalue weighted by Crippen LogP contribution is -2.53. The summed E-state index contributed by atoms with van der Waals surface area (Å²) in [6.45, 7) is 4.03. The highest BCUT2D eigenvalue weighted by Gasteiger charge is 2.48. The van der Waals surface area contributed by atoms with Crippen molar-refractivity contribution in [3.63, 3.8) is 0 Å². The number of carboxylic acids is 1. The molecule has 0 radical (unpaired) electrons. The van der Waals surface area contributed by atoms with Crippen LogP contribution in [0.15, 0.2) is 0 Å². The Morgan fingerprint density at radius 2 is 2.00 bits per heavy atom. The van der Waals surface area contributed by atoms with Crippen LogP contribution in [0.25, 0.3) is 0 Å². The molecule has 17 heavy (non-hydrogen) atoms. The first kappa shape index (κ1) is 12.8. The average Bonchev–Trinajstić information content (AvgIpc) is 2.99. The summed E-state index contributed by atoms with van der Waals surface area (Å²) in [5, 5.41) is 12.8. The Bertz CT molecular complexity index is 302. The second-order valence-corrected chi connectivity index (χ2v) is 5.98. The van der Waals surface area contributed by atoms with Crippen LogP contribution in [0, 0.1) is 0 Å². The highest BCUT2D eigenvalue weighted by atomic mass is 16.4. The molecule has 2 aliphatic rings. The molecule has 0 amide bonds. The van der Waals surface area contributed by atoms with Gasteiger partial charge in [0.05, 0.1) is 0 Å². The number of aliphatic carboxylic acids is 1. The monoisotopic (exact) mass is 240 g/mol. The number of carboxylic acid groups (broad SMARTS) is 1. The molecular weight excluding hydrogens is 216 g/mol. The molecule has 2 rings (SSSR count). The zero-order chi connectivity index (χ0) is 12.6. The van der Waals surface area contributed by atoms with Gasteiger partial charge in [0.25, 0.3) is 0 Å². The van der Waals surface area contributed by atoms with E-state index in [9.17, 15) is 9.90 Å². The molecule has 0 aromatic rings. The van der Waals surface area contributed by atoms with Gasteiger partial charge in [-0.2, -0.15) is 0 Å². The number of nitrogens with one attached hydrogen (secondary N) is 1. The van der Waals surface area contributed by atoms with E-state index in [1.54, 1.807) is 0 Å². The maximum absolute atomic E-state index is 11.5. The molecule has 0 heterocycles. The highest BCUT2D eigenvalue weighted by Crippen LogP contribution is 2.38. The van der Waals surface area contributed by atoms with Gasteiger partial charge in [-0.05, 0) is 53.0 Å². The topological polar surface area (TPSA) is 52.6 Å². The number of nitrogens with zero attached hydrogens (tertiary/aromatic N) is 1. The molecule has 2 saturated carbocycles. The van der Waals surface area contributed by atoms with E-state index in [2.05, 4.69) is 17.3 Å². The summed E-state index contributed by atoms with van der Waals surface area (Å²) < 4.78 is 0. The molecular formula is C13H24N2O2. The molecule has 2 aliphatic carbocycles. The van der Waals surface area contributed by atoms with E-state index < -0.39 is 11.5 Å². The maximum Gasteiger partial charge on any atom is 0.323 e. The molecule has 0 aliphatic heterocycles. The van der Waals surface area contributed by atoms with E-state index >= 15 is 0 Å². The summed E-state index contributed by atoms with van der Waals surface area (Å²) >= 11 is 0. The van der Waals surface area contributed by atoms with Crippen molar-refractivity contribution in [1.82, 2.24) is 10.2 Å². The average molecular weight is 240 g/mol. The standard InChI is InChI=1S/C13H24N2O2/c1-9(2)14-13(12(16)17)7-6-11(8-13)15(3)10-4-5-10/h9-11,14H,4-8H2,1-3H3,(H,16,17). The van der Waals surface area contributed by atoms with Crippen molar-refractivity contribution in [2.45, 2.75) is 69.6 Å². The van der Waals surface area contributed by atoms with Crippen molar-refractivity contribution >= 4 is 5.97 Å². The Labute approximate surface area is 103 Å². The van der Waals surface area contributed by atoms with Crippen LogP contribution in [0.4, 0.5) is 0 Å². The molecule has 2 atom stereocenters. The predicted octanol–water partition coefficient (Wildman–Crippen LogP) is 1.45. The number of rotatable bonds is 5. The zero-order valence-corrected chi connectivity index (χ0v) is 11.1. The van der Waals surface area contributed by atoms with Crippen LogP contribution in [0.5, 0.6) is 0 Å². The van der Waals surface area contributed by atoms with E-state index in [-0.39, 0.29) is 6.04 Å². The minimum absolute atomic E-state index is 0.219. The van der Waals surface area contributed by atoms with Crippen LogP contribution < -0.4 is 5.32 Å². The van der Waals surface area contributed by atoms with Gasteiger partial charge >= 0.3 is 5.97 Å². The van der Waals surface area contributed by atoms with E-state index in [1.807, 2.05) is 13.8 Å². The molecule has 0 spiro atoms. The second-order valence-electron chi connectivity index (χ2n) is 5.98. The molecule has 0 aromatic heterocycles. The van der Waals surface area contributed by atoms with Gasteiger partial charge in [0.2, 0.25) is 0 Å². The van der Waals surface area contributed by atoms with Crippen molar-refractivity contribution in [3.8, 4) is 0 Å². The summed E-state index contributed by atoms with van der Waals surface area (Å²) in [5.41, 5.74) is -0.692. The van der Waals surface area contributed by atoms with Crippen molar-refractivity contribution in [3.05, 3.63) is 0 Å². The van der Waals surface area contributed by atoms with E-state index in [1.165, 1.54) is 12.8 Å². The van der Waals surface area contributed by atoms with Gasteiger partial charge < -0.3 is 10.0 Å². The second kappa shape index (κ2) is 4.58. The third-order valence-electron chi connectivity index (χ3n) is 4.16. The molecule has 0 bridgehead atoms. The van der Waals surface area contributed by atoms with Crippen molar-refractivity contribution in [2.24, 2.45) is 0 Å². The van der Waals surface area contributed by atoms with Gasteiger partial charge in [-0.25, -0.2) is 0 Å². The van der Waals surface area contributed by atoms with E-state index in [0.717, 1.165) is 19.3 Å². The fraction of sp³-hybridized carbons (Fsp3) is 0.923. The SMILES string of the molecule is CC(C)NC1(C(=O)O)CCC(N(C)C2CC2)C1. The fourth-order valence-corrected chi connectivity index (χ4v) is 3.09. The summed E-state index contributed by atoms with van der Waals surface area (Å²) in [5.74, 6) is -0.683. The smallest absolute Gasteiger partial charge is 0.323 e. The quantitative estimate of drug-likeness (QED) is 0.764. The lowest BCUT2D eigenvalue weighted by atomic mass is 9.96. The molecule has 0 aromatic carbocycles. The third-order valence-corrected chi connectivity index (χ3v) is 4.16. The van der Waals surface area contributed by atoms with Gasteiger partial charge in [0.1, 0.15) is 5.54 Å². The van der Waals surface area contributed by atoms with Crippen molar-refractivity contribution in [1.29, 1.82) is 0 Å². The highest BCUT2D eigenvalue weighted by molar-refractivity contribution is 5.79. The van der Waals surface area contributed by atoms with Crippen LogP contribution in [0.3, 0.4) is 0 Å². The Morgan fingerprint density at radius 3 is 2.47 bits per heavy atom. The lowest BCUT2D eigenvalue weighted by Gasteiger charge is -2.30. The zero-order valence-electron chi connectivity index (χ0n) is 11.1. The van der Waals surface area contributed by atoms with E-state index in [0.29, 0.717) is 12.1 Å². The molecule has 2 fully saturated rings. The molecule has 2 N–H and O–H groups in total. The number of hydrogen-bond acceptors (Lipinski definition) is 3. The number of carbonyl (C=O) groups is 1. The molecule has 0 saturated heterocycles. The van der Waals surface area contributed by atoms with Crippen LogP contribution in [-0.4, -0.2) is 46.7 Å². The summed E-state index contributed by atoms with van der Waals surface area (Å²) in [4.78, 5) is 13.9. The Balaban J connectivity index is 2.02. The van der Waals surface area contributed by atoms with Crippen molar-refractivity contribution in [2.75, 3.05) is 7.05 Å². The Hall–Kier alpha value is -0.610. The van der Waals surface area contributed by atoms with E-state index in [4.69, 9.17) is 0 Å². The lowest BCUT2D eigenvalue weighted by molar-refractivity contribution is -0.145. The van der Waals surface area contributed by atoms with Gasteiger partial charge in [0, 0.05) is 18.1 Å². The summed E-state index contributed by atoms with van der Waals surface area (Å²) in [6, 6.07) is 1.37. The number of hydrogen-bond donors (Lipinski definition) is 2. The minimum Gasteiger partial charge on any atom is -0.480 e. The van der Waals surface area contributed by atoms with Crippen LogP contribution >= 0.6 is 0 Å². The van der Waals surface area contributed by atoms with Crippen LogP contribution in [-0.2, 0) is 4.79 Å². The summed E-state index contributed by atoms with van der Waals surface area (Å²) in [7, 11) is 2.15. The predicted molar refractivity (Wildman–Crippen MR) is 67.1 cm³/mol. The molecule has 98 valence electrons. The van der Waals surface area contributed by atoms with Crippen LogP contribution in [0.2, 0.25) is 0 Å². The van der Waals surface area contributed by atoms with Gasteiger partial charge in [-0.15, -0.1) is 0 Å². The normalized spacial score (nSPS) is 33.6. The first-order valence-electron chi connectivity index (χ1n) is 6.67. The molecule has 4 heteroatoms. The Kier molecular flexibility index (Phi) is 3.46. The summed E-state index contributed by atoms with van der Waals surface area (Å²) in [6.07, 6.45) is 5.06. The Morgan fingerprint density at radius 1 is 1.35 bits per heavy atom.